The summed E-state index contributed by atoms with van der Waals surface area (Å²) in [5.74, 6) is 0.885. The van der Waals surface area contributed by atoms with Gasteiger partial charge in [-0.15, -0.1) is 24.4 Å². The van der Waals surface area contributed by atoms with Crippen LogP contribution in [0.3, 0.4) is 0 Å². The normalized spacial score (nSPS) is 11.9. The molecule has 1 unspecified atom stereocenters. The largest absolute Gasteiger partial charge is 0.492 e. The van der Waals surface area contributed by atoms with Gasteiger partial charge in [-0.25, -0.2) is 0 Å². The van der Waals surface area contributed by atoms with Gasteiger partial charge in [0.25, 0.3) is 0 Å². The highest BCUT2D eigenvalue weighted by Crippen LogP contribution is 2.26. The minimum absolute atomic E-state index is 0.499. The Morgan fingerprint density at radius 1 is 1.44 bits per heavy atom. The van der Waals surface area contributed by atoms with Crippen molar-refractivity contribution in [3.05, 3.63) is 24.3 Å². The molecule has 1 rings (SSSR count). The molecule has 0 aliphatic carbocycles. The first kappa shape index (κ1) is 15.7. The molecule has 0 amide bonds. The maximum atomic E-state index is 5.58. The first-order chi connectivity index (χ1) is 8.61. The summed E-state index contributed by atoms with van der Waals surface area (Å²) in [7, 11) is 0. The van der Waals surface area contributed by atoms with Gasteiger partial charge < -0.3 is 10.1 Å². The lowest BCUT2D eigenvalue weighted by molar-refractivity contribution is 0.323. The van der Waals surface area contributed by atoms with E-state index in [-0.39, 0.29) is 0 Å². The molecule has 0 radical (unpaired) electrons. The van der Waals surface area contributed by atoms with Crippen LogP contribution in [0.1, 0.15) is 20.3 Å². The molecule has 0 saturated carbocycles. The van der Waals surface area contributed by atoms with Crippen LogP contribution in [0.2, 0.25) is 0 Å². The van der Waals surface area contributed by atoms with Gasteiger partial charge in [0.2, 0.25) is 0 Å². The summed E-state index contributed by atoms with van der Waals surface area (Å²) in [6, 6.07) is 8.21. The molecule has 0 aliphatic rings. The lowest BCUT2D eigenvalue weighted by atomic mass is 10.3. The Morgan fingerprint density at radius 3 is 2.67 bits per heavy atom. The van der Waals surface area contributed by atoms with Gasteiger partial charge in [0, 0.05) is 10.1 Å². The van der Waals surface area contributed by atoms with E-state index in [9.17, 15) is 0 Å². The molecule has 2 nitrogen and oxygen atoms in total. The Kier molecular flexibility index (Phi) is 7.54. The second-order valence-corrected chi connectivity index (χ2v) is 6.56. The summed E-state index contributed by atoms with van der Waals surface area (Å²) in [6.45, 7) is 5.69. The first-order valence-corrected chi connectivity index (χ1v) is 7.71. The molecule has 1 aromatic carbocycles. The van der Waals surface area contributed by atoms with E-state index in [4.69, 9.17) is 17.0 Å². The van der Waals surface area contributed by atoms with Crippen molar-refractivity contribution in [2.45, 2.75) is 30.4 Å². The van der Waals surface area contributed by atoms with Crippen molar-refractivity contribution in [3.8, 4) is 5.75 Å². The van der Waals surface area contributed by atoms with Crippen LogP contribution in [0.25, 0.3) is 0 Å². The summed E-state index contributed by atoms with van der Waals surface area (Å²) in [6.07, 6.45) is 1.18. The highest BCUT2D eigenvalue weighted by Gasteiger charge is 2.01. The Balaban J connectivity index is 2.33. The Hall–Kier alpha value is -0.390. The third-order valence-corrected chi connectivity index (χ3v) is 3.97. The van der Waals surface area contributed by atoms with Gasteiger partial charge in [-0.1, -0.05) is 26.1 Å². The van der Waals surface area contributed by atoms with Gasteiger partial charge in [-0.3, -0.25) is 0 Å². The van der Waals surface area contributed by atoms with Gasteiger partial charge in [-0.2, -0.15) is 0 Å². The molecular formula is C13H19NOS3. The average Bonchev–Trinajstić information content (AvgIpc) is 2.36. The van der Waals surface area contributed by atoms with E-state index in [0.29, 0.717) is 22.7 Å². The number of benzene rings is 1. The summed E-state index contributed by atoms with van der Waals surface area (Å²) in [5.41, 5.74) is 0. The zero-order chi connectivity index (χ0) is 13.4. The van der Waals surface area contributed by atoms with Crippen LogP contribution >= 0.6 is 36.6 Å². The van der Waals surface area contributed by atoms with Crippen molar-refractivity contribution in [1.82, 2.24) is 5.32 Å². The summed E-state index contributed by atoms with van der Waals surface area (Å²) < 4.78 is 6.08. The average molecular weight is 302 g/mol. The summed E-state index contributed by atoms with van der Waals surface area (Å²) in [5, 5.41) is 3.58. The van der Waals surface area contributed by atoms with E-state index in [1.807, 2.05) is 23.9 Å². The molecule has 1 atom stereocenters. The van der Waals surface area contributed by atoms with Crippen LogP contribution in [-0.2, 0) is 0 Å². The number of hydrogen-bond donors (Lipinski definition) is 2. The van der Waals surface area contributed by atoms with Gasteiger partial charge >= 0.3 is 0 Å². The zero-order valence-electron chi connectivity index (χ0n) is 10.7. The lowest BCUT2D eigenvalue weighted by Gasteiger charge is -2.10. The third kappa shape index (κ3) is 6.52. The maximum Gasteiger partial charge on any atom is 0.130 e. The number of ether oxygens (including phenoxy) is 1. The van der Waals surface area contributed by atoms with E-state index in [2.05, 4.69) is 43.9 Å². The third-order valence-electron chi connectivity index (χ3n) is 2.38. The standard InChI is InChI=1S/C13H19NOS3/c1-3-10(2)18-12-6-4-11(5-7-12)15-9-8-14-13(16)17/h4-7,10H,3,8-9H2,1-2H3,(H2,14,16,17). The number of thiocarbonyl (C=S) groups is 1. The Labute approximate surface area is 124 Å². The molecule has 0 spiro atoms. The second-order valence-electron chi connectivity index (χ2n) is 3.89. The van der Waals surface area contributed by atoms with Crippen molar-refractivity contribution in [1.29, 1.82) is 0 Å². The smallest absolute Gasteiger partial charge is 0.130 e. The van der Waals surface area contributed by atoms with E-state index in [0.717, 1.165) is 5.75 Å². The fourth-order valence-corrected chi connectivity index (χ4v) is 2.40. The fourth-order valence-electron chi connectivity index (χ4n) is 1.26. The van der Waals surface area contributed by atoms with Crippen LogP contribution in [0.15, 0.2) is 29.2 Å². The number of thioether (sulfide) groups is 1. The molecule has 0 bridgehead atoms. The van der Waals surface area contributed by atoms with Crippen molar-refractivity contribution in [3.63, 3.8) is 0 Å². The molecule has 0 heterocycles. The van der Waals surface area contributed by atoms with Crippen molar-refractivity contribution < 1.29 is 4.74 Å². The summed E-state index contributed by atoms with van der Waals surface area (Å²) in [4.78, 5) is 1.28. The predicted octanol–water partition coefficient (Wildman–Crippen LogP) is 3.76. The molecule has 5 heteroatoms. The van der Waals surface area contributed by atoms with Crippen molar-refractivity contribution in [2.24, 2.45) is 0 Å². The molecule has 0 aliphatic heterocycles. The quantitative estimate of drug-likeness (QED) is 0.346. The molecule has 0 fully saturated rings. The number of hydrogen-bond acceptors (Lipinski definition) is 3. The van der Waals surface area contributed by atoms with Crippen LogP contribution < -0.4 is 10.1 Å². The van der Waals surface area contributed by atoms with E-state index < -0.39 is 0 Å². The Bertz CT molecular complexity index is 367. The predicted molar refractivity (Wildman–Crippen MR) is 87.1 cm³/mol. The number of rotatable bonds is 7. The van der Waals surface area contributed by atoms with Crippen molar-refractivity contribution >= 4 is 40.9 Å². The van der Waals surface area contributed by atoms with Gasteiger partial charge in [0.15, 0.2) is 0 Å². The molecule has 0 saturated heterocycles. The minimum Gasteiger partial charge on any atom is -0.492 e. The molecule has 1 aromatic rings. The molecule has 100 valence electrons. The topological polar surface area (TPSA) is 21.3 Å². The maximum absolute atomic E-state index is 5.58. The molecule has 1 N–H and O–H groups in total. The lowest BCUT2D eigenvalue weighted by Crippen LogP contribution is -2.22. The first-order valence-electron chi connectivity index (χ1n) is 5.98. The van der Waals surface area contributed by atoms with E-state index in [1.54, 1.807) is 0 Å². The summed E-state index contributed by atoms with van der Waals surface area (Å²) >= 11 is 10.7. The van der Waals surface area contributed by atoms with Gasteiger partial charge in [-0.05, 0) is 30.7 Å². The zero-order valence-corrected chi connectivity index (χ0v) is 13.2. The van der Waals surface area contributed by atoms with Crippen LogP contribution in [-0.4, -0.2) is 22.7 Å². The van der Waals surface area contributed by atoms with Crippen molar-refractivity contribution in [2.75, 3.05) is 13.2 Å². The van der Waals surface area contributed by atoms with Gasteiger partial charge in [0.05, 0.1) is 6.54 Å². The van der Waals surface area contributed by atoms with E-state index >= 15 is 0 Å². The fraction of sp³-hybridized carbons (Fsp3) is 0.462. The molecule has 0 aromatic heterocycles. The van der Waals surface area contributed by atoms with Gasteiger partial charge in [0.1, 0.15) is 16.7 Å². The van der Waals surface area contributed by atoms with Crippen LogP contribution in [0.4, 0.5) is 0 Å². The second kappa shape index (κ2) is 8.67. The highest BCUT2D eigenvalue weighted by molar-refractivity contribution is 8.11. The van der Waals surface area contributed by atoms with Crippen LogP contribution in [0.5, 0.6) is 5.75 Å². The van der Waals surface area contributed by atoms with Crippen LogP contribution in [0, 0.1) is 0 Å². The molecular weight excluding hydrogens is 282 g/mol. The Morgan fingerprint density at radius 2 is 2.11 bits per heavy atom. The number of thiol groups is 1. The minimum atomic E-state index is 0.499. The SMILES string of the molecule is CCC(C)Sc1ccc(OCCNC(=S)S)cc1. The number of nitrogens with one attached hydrogen (secondary N) is 1. The molecule has 18 heavy (non-hydrogen) atoms. The monoisotopic (exact) mass is 301 g/mol. The highest BCUT2D eigenvalue weighted by atomic mass is 32.2. The van der Waals surface area contributed by atoms with E-state index in [1.165, 1.54) is 11.3 Å².